The van der Waals surface area contributed by atoms with Gasteiger partial charge in [-0.2, -0.15) is 5.10 Å². The number of piperidine rings is 1. The molecule has 0 unspecified atom stereocenters. The number of hydrogen-bond acceptors (Lipinski definition) is 5. The number of aryl methyl sites for hydroxylation is 1. The first kappa shape index (κ1) is 21.7. The van der Waals surface area contributed by atoms with E-state index in [1.165, 1.54) is 0 Å². The third-order valence-corrected chi connectivity index (χ3v) is 5.96. The fourth-order valence-electron chi connectivity index (χ4n) is 3.96. The molecule has 0 saturated carbocycles. The van der Waals surface area contributed by atoms with E-state index < -0.39 is 0 Å². The molecule has 1 fully saturated rings. The number of nitrogens with two attached hydrogens (primary N) is 1. The van der Waals surface area contributed by atoms with Crippen molar-refractivity contribution in [3.05, 3.63) is 65.9 Å². The van der Waals surface area contributed by atoms with Gasteiger partial charge in [0, 0.05) is 24.5 Å². The largest absolute Gasteiger partial charge is 0.492 e. The first-order valence-electron chi connectivity index (χ1n) is 11.2. The summed E-state index contributed by atoms with van der Waals surface area (Å²) in [6.45, 7) is 7.36. The smallest absolute Gasteiger partial charge is 0.257 e. The summed E-state index contributed by atoms with van der Waals surface area (Å²) in [6, 6.07) is 15.2. The van der Waals surface area contributed by atoms with Crippen molar-refractivity contribution in [2.45, 2.75) is 33.2 Å². The van der Waals surface area contributed by atoms with E-state index in [4.69, 9.17) is 10.5 Å². The quantitative estimate of drug-likeness (QED) is 0.579. The number of benzene rings is 2. The van der Waals surface area contributed by atoms with Gasteiger partial charge in [-0.3, -0.25) is 4.79 Å². The zero-order valence-electron chi connectivity index (χ0n) is 18.8. The molecule has 7 nitrogen and oxygen atoms in total. The first-order valence-corrected chi connectivity index (χ1v) is 11.2. The number of amides is 1. The molecule has 1 amide bonds. The van der Waals surface area contributed by atoms with E-state index >= 15 is 0 Å². The minimum atomic E-state index is -0.0959. The van der Waals surface area contributed by atoms with Crippen LogP contribution in [0.2, 0.25) is 0 Å². The molecule has 7 heteroatoms. The zero-order valence-corrected chi connectivity index (χ0v) is 18.8. The Balaban J connectivity index is 1.38. The van der Waals surface area contributed by atoms with Crippen molar-refractivity contribution < 1.29 is 9.53 Å². The van der Waals surface area contributed by atoms with Crippen molar-refractivity contribution in [1.82, 2.24) is 9.78 Å². The van der Waals surface area contributed by atoms with E-state index in [2.05, 4.69) is 35.2 Å². The van der Waals surface area contributed by atoms with E-state index in [1.54, 1.807) is 16.9 Å². The van der Waals surface area contributed by atoms with Crippen LogP contribution in [-0.4, -0.2) is 35.4 Å². The molecule has 1 saturated heterocycles. The maximum atomic E-state index is 13.1. The molecular weight excluding hydrogens is 402 g/mol. The van der Waals surface area contributed by atoms with Crippen molar-refractivity contribution >= 4 is 23.1 Å². The molecule has 3 aromatic rings. The molecule has 32 heavy (non-hydrogen) atoms. The molecule has 0 spiro atoms. The van der Waals surface area contributed by atoms with Crippen molar-refractivity contribution in [2.75, 3.05) is 35.6 Å². The van der Waals surface area contributed by atoms with Crippen LogP contribution < -0.4 is 20.7 Å². The van der Waals surface area contributed by atoms with E-state index in [1.807, 2.05) is 36.4 Å². The maximum absolute atomic E-state index is 13.1. The van der Waals surface area contributed by atoms with Gasteiger partial charge in [-0.25, -0.2) is 4.68 Å². The summed E-state index contributed by atoms with van der Waals surface area (Å²) in [5.41, 5.74) is 9.43. The van der Waals surface area contributed by atoms with Crippen LogP contribution in [0.15, 0.2) is 54.7 Å². The van der Waals surface area contributed by atoms with Crippen molar-refractivity contribution in [2.24, 2.45) is 5.92 Å². The van der Waals surface area contributed by atoms with E-state index in [9.17, 15) is 4.79 Å². The second-order valence-electron chi connectivity index (χ2n) is 8.50. The van der Waals surface area contributed by atoms with E-state index in [0.717, 1.165) is 54.5 Å². The lowest BCUT2D eigenvalue weighted by molar-refractivity contribution is 0.102. The minimum absolute atomic E-state index is 0.0959. The molecule has 1 aliphatic heterocycles. The SMILES string of the molecule is Cc1ccc(C(=O)Nc2ccc(OCCn3nccc3N)cc2)c(N2CCC(C)CC2)c1. The average molecular weight is 434 g/mol. The van der Waals surface area contributed by atoms with Crippen LogP contribution in [0.25, 0.3) is 0 Å². The van der Waals surface area contributed by atoms with Crippen LogP contribution in [0.4, 0.5) is 17.2 Å². The van der Waals surface area contributed by atoms with Gasteiger partial charge in [0.15, 0.2) is 0 Å². The molecule has 2 aromatic carbocycles. The second kappa shape index (κ2) is 9.77. The van der Waals surface area contributed by atoms with E-state index in [-0.39, 0.29) is 5.91 Å². The fourth-order valence-corrected chi connectivity index (χ4v) is 3.96. The van der Waals surface area contributed by atoms with Gasteiger partial charge in [0.05, 0.1) is 18.3 Å². The van der Waals surface area contributed by atoms with Crippen LogP contribution in [-0.2, 0) is 6.54 Å². The number of rotatable bonds is 7. The third-order valence-electron chi connectivity index (χ3n) is 5.96. The molecule has 0 bridgehead atoms. The normalized spacial score (nSPS) is 14.4. The van der Waals surface area contributed by atoms with Gasteiger partial charge in [-0.1, -0.05) is 13.0 Å². The zero-order chi connectivity index (χ0) is 22.5. The Labute approximate surface area is 189 Å². The summed E-state index contributed by atoms with van der Waals surface area (Å²) in [5.74, 6) is 1.99. The number of carbonyl (C=O) groups is 1. The van der Waals surface area contributed by atoms with Gasteiger partial charge >= 0.3 is 0 Å². The van der Waals surface area contributed by atoms with E-state index in [0.29, 0.717) is 24.5 Å². The highest BCUT2D eigenvalue weighted by atomic mass is 16.5. The molecule has 3 N–H and O–H groups in total. The Bertz CT molecular complexity index is 1050. The summed E-state index contributed by atoms with van der Waals surface area (Å²) < 4.78 is 7.45. The number of anilines is 3. The molecule has 1 aromatic heterocycles. The molecule has 1 aliphatic rings. The number of hydrogen-bond donors (Lipinski definition) is 2. The summed E-state index contributed by atoms with van der Waals surface area (Å²) in [5, 5.41) is 7.16. The number of aromatic nitrogens is 2. The number of nitrogens with one attached hydrogen (secondary N) is 1. The number of nitrogens with zero attached hydrogens (tertiary/aromatic N) is 3. The third kappa shape index (κ3) is 5.22. The standard InChI is InChI=1S/C25H31N5O2/c1-18-10-13-29(14-11-18)23-17-19(2)3-8-22(23)25(31)28-20-4-6-21(7-5-20)32-16-15-30-24(26)9-12-27-30/h3-9,12,17-18H,10-11,13-16,26H2,1-2H3,(H,28,31). The van der Waals surface area contributed by atoms with Crippen molar-refractivity contribution in [3.63, 3.8) is 0 Å². The molecule has 4 rings (SSSR count). The Morgan fingerprint density at radius 2 is 1.91 bits per heavy atom. The summed E-state index contributed by atoms with van der Waals surface area (Å²) >= 11 is 0. The van der Waals surface area contributed by atoms with Gasteiger partial charge in [-0.15, -0.1) is 0 Å². The molecule has 0 aliphatic carbocycles. The van der Waals surface area contributed by atoms with Gasteiger partial charge in [0.2, 0.25) is 0 Å². The lowest BCUT2D eigenvalue weighted by Gasteiger charge is -2.33. The van der Waals surface area contributed by atoms with Crippen LogP contribution in [0.1, 0.15) is 35.7 Å². The monoisotopic (exact) mass is 433 g/mol. The Morgan fingerprint density at radius 3 is 2.59 bits per heavy atom. The Kier molecular flexibility index (Phi) is 6.63. The minimum Gasteiger partial charge on any atom is -0.492 e. The van der Waals surface area contributed by atoms with Crippen molar-refractivity contribution in [1.29, 1.82) is 0 Å². The second-order valence-corrected chi connectivity index (χ2v) is 8.50. The number of ether oxygens (including phenoxy) is 1. The lowest BCUT2D eigenvalue weighted by atomic mass is 9.97. The predicted octanol–water partition coefficient (Wildman–Crippen LogP) is 4.34. The highest BCUT2D eigenvalue weighted by molar-refractivity contribution is 6.08. The lowest BCUT2D eigenvalue weighted by Crippen LogP contribution is -2.34. The summed E-state index contributed by atoms with van der Waals surface area (Å²) in [6.07, 6.45) is 3.98. The number of carbonyl (C=O) groups excluding carboxylic acids is 1. The molecule has 0 radical (unpaired) electrons. The predicted molar refractivity (Wildman–Crippen MR) is 128 cm³/mol. The number of nitrogen functional groups attached to an aromatic ring is 1. The Hall–Kier alpha value is -3.48. The van der Waals surface area contributed by atoms with Gasteiger partial charge in [-0.05, 0) is 73.7 Å². The molecular formula is C25H31N5O2. The van der Waals surface area contributed by atoms with Crippen LogP contribution in [0.3, 0.4) is 0 Å². The van der Waals surface area contributed by atoms with Gasteiger partial charge in [0.1, 0.15) is 18.2 Å². The van der Waals surface area contributed by atoms with Crippen LogP contribution in [0.5, 0.6) is 5.75 Å². The first-order chi connectivity index (χ1) is 15.5. The van der Waals surface area contributed by atoms with Crippen LogP contribution >= 0.6 is 0 Å². The molecule has 2 heterocycles. The Morgan fingerprint density at radius 1 is 1.16 bits per heavy atom. The topological polar surface area (TPSA) is 85.4 Å². The highest BCUT2D eigenvalue weighted by Gasteiger charge is 2.21. The summed E-state index contributed by atoms with van der Waals surface area (Å²) in [7, 11) is 0. The van der Waals surface area contributed by atoms with Crippen LogP contribution in [0, 0.1) is 12.8 Å². The highest BCUT2D eigenvalue weighted by Crippen LogP contribution is 2.28. The summed E-state index contributed by atoms with van der Waals surface area (Å²) in [4.78, 5) is 15.4. The molecule has 168 valence electrons. The fraction of sp³-hybridized carbons (Fsp3) is 0.360. The molecule has 0 atom stereocenters. The average Bonchev–Trinajstić information content (AvgIpc) is 3.20. The van der Waals surface area contributed by atoms with Crippen molar-refractivity contribution in [3.8, 4) is 5.75 Å². The van der Waals surface area contributed by atoms with Gasteiger partial charge in [0.25, 0.3) is 5.91 Å². The maximum Gasteiger partial charge on any atom is 0.257 e. The van der Waals surface area contributed by atoms with Gasteiger partial charge < -0.3 is 20.7 Å².